The van der Waals surface area contributed by atoms with Gasteiger partial charge in [0, 0.05) is 43.3 Å². The van der Waals surface area contributed by atoms with E-state index in [4.69, 9.17) is 4.74 Å². The van der Waals surface area contributed by atoms with E-state index < -0.39 is 0 Å². The zero-order valence-electron chi connectivity index (χ0n) is 15.4. The molecule has 0 aromatic carbocycles. The predicted octanol–water partition coefficient (Wildman–Crippen LogP) is 5.79. The summed E-state index contributed by atoms with van der Waals surface area (Å²) < 4.78 is 4.86. The van der Waals surface area contributed by atoms with Crippen molar-refractivity contribution in [2.24, 2.45) is 4.99 Å². The first-order chi connectivity index (χ1) is 9.67. The van der Waals surface area contributed by atoms with E-state index in [2.05, 4.69) is 52.3 Å². The summed E-state index contributed by atoms with van der Waals surface area (Å²) in [6.45, 7) is 13.1. The second-order valence-corrected chi connectivity index (χ2v) is 4.42. The van der Waals surface area contributed by atoms with Crippen molar-refractivity contribution in [2.75, 3.05) is 7.11 Å². The van der Waals surface area contributed by atoms with Gasteiger partial charge in [0.05, 0.1) is 0 Å². The number of unbranched alkanes of at least 4 members (excludes halogenated alkanes) is 3. The Labute approximate surface area is 151 Å². The molecule has 1 aliphatic heterocycles. The van der Waals surface area contributed by atoms with Crippen LogP contribution in [0.5, 0.6) is 0 Å². The molecule has 2 nitrogen and oxygen atoms in total. The summed E-state index contributed by atoms with van der Waals surface area (Å²) in [5.74, 6) is 0. The zero-order chi connectivity index (χ0) is 16.1. The van der Waals surface area contributed by atoms with Gasteiger partial charge >= 0.3 is 0 Å². The van der Waals surface area contributed by atoms with Crippen LogP contribution in [-0.4, -0.2) is 43.5 Å². The minimum absolute atomic E-state index is 0. The van der Waals surface area contributed by atoms with E-state index in [1.165, 1.54) is 38.5 Å². The zero-order valence-corrected chi connectivity index (χ0v) is 18.3. The van der Waals surface area contributed by atoms with Crippen LogP contribution in [0.2, 0.25) is 0 Å². The summed E-state index contributed by atoms with van der Waals surface area (Å²) >= 11 is 0. The molecule has 0 fully saturated rings. The van der Waals surface area contributed by atoms with Gasteiger partial charge in [-0.05, 0) is 6.08 Å². The summed E-state index contributed by atoms with van der Waals surface area (Å²) in [5, 5.41) is 0. The molecular formula is C18H37NOSn. The van der Waals surface area contributed by atoms with Gasteiger partial charge in [-0.1, -0.05) is 80.1 Å². The summed E-state index contributed by atoms with van der Waals surface area (Å²) in [7, 11) is 1.62. The van der Waals surface area contributed by atoms with Crippen LogP contribution < -0.4 is 0 Å². The Kier molecular flexibility index (Phi) is 44.3. The van der Waals surface area contributed by atoms with Gasteiger partial charge in [0.15, 0.2) is 6.23 Å². The van der Waals surface area contributed by atoms with Crippen molar-refractivity contribution in [3.8, 4) is 0 Å². The van der Waals surface area contributed by atoms with Crippen molar-refractivity contribution in [3.05, 3.63) is 17.9 Å². The van der Waals surface area contributed by atoms with Crippen LogP contribution in [0.4, 0.5) is 0 Å². The van der Waals surface area contributed by atoms with Gasteiger partial charge in [-0.2, -0.15) is 0 Å². The Balaban J connectivity index is -0.0000000973. The summed E-state index contributed by atoms with van der Waals surface area (Å²) in [6.07, 6.45) is 13.0. The van der Waals surface area contributed by atoms with Gasteiger partial charge in [-0.3, -0.25) is 4.99 Å². The Bertz CT molecular complexity index is 218. The average molecular weight is 402 g/mol. The maximum absolute atomic E-state index is 4.86. The van der Waals surface area contributed by atoms with E-state index in [-0.39, 0.29) is 30.1 Å². The van der Waals surface area contributed by atoms with Crippen molar-refractivity contribution in [2.45, 2.75) is 86.3 Å². The van der Waals surface area contributed by atoms with Crippen LogP contribution in [0.15, 0.2) is 22.9 Å². The van der Waals surface area contributed by atoms with E-state index in [1.54, 1.807) is 25.5 Å². The maximum Gasteiger partial charge on any atom is 0.174 e. The molecule has 21 heavy (non-hydrogen) atoms. The second-order valence-electron chi connectivity index (χ2n) is 4.42. The number of nitrogens with zero attached hydrogens (tertiary/aromatic N) is 1. The fourth-order valence-corrected chi connectivity index (χ4v) is 0.481. The Morgan fingerprint density at radius 2 is 1.24 bits per heavy atom. The standard InChI is InChI=1S/C6H7NO.3C4H10.Sn/c1-8-6-4-2-3-5-7-6;3*1-3-4-2;/h3-6H,1H3;3*3-4H2,1-2H3;. The SMILES string of the molecule is CCCC.CCCC.CCCC.COC1C=C=CC=N1.[Sn]. The third-order valence-electron chi connectivity index (χ3n) is 2.38. The molecule has 1 rings (SSSR count). The fraction of sp³-hybridized carbons (Fsp3) is 0.778. The molecule has 4 radical (unpaired) electrons. The molecule has 0 N–H and O–H groups in total. The van der Waals surface area contributed by atoms with Crippen LogP contribution in [0.1, 0.15) is 80.1 Å². The van der Waals surface area contributed by atoms with Gasteiger partial charge < -0.3 is 4.74 Å². The minimum atomic E-state index is -0.111. The first kappa shape index (κ1) is 29.0. The van der Waals surface area contributed by atoms with Crippen LogP contribution in [-0.2, 0) is 4.74 Å². The molecule has 0 aromatic rings. The van der Waals surface area contributed by atoms with Gasteiger partial charge in [0.2, 0.25) is 0 Å². The molecule has 124 valence electrons. The fourth-order valence-electron chi connectivity index (χ4n) is 0.481. The predicted molar refractivity (Wildman–Crippen MR) is 99.4 cm³/mol. The van der Waals surface area contributed by atoms with Crippen molar-refractivity contribution in [1.29, 1.82) is 0 Å². The first-order valence-corrected chi connectivity index (χ1v) is 8.15. The summed E-state index contributed by atoms with van der Waals surface area (Å²) in [4.78, 5) is 3.93. The van der Waals surface area contributed by atoms with Gasteiger partial charge in [-0.25, -0.2) is 0 Å². The Morgan fingerprint density at radius 3 is 1.38 bits per heavy atom. The van der Waals surface area contributed by atoms with Crippen LogP contribution in [0.3, 0.4) is 0 Å². The number of ether oxygens (including phenoxy) is 1. The molecule has 1 unspecified atom stereocenters. The number of aliphatic imine (C=N–C) groups is 1. The number of methoxy groups -OCH3 is 1. The Morgan fingerprint density at radius 1 is 0.857 bits per heavy atom. The molecule has 1 atom stereocenters. The largest absolute Gasteiger partial charge is 0.355 e. The molecule has 0 aliphatic carbocycles. The third-order valence-corrected chi connectivity index (χ3v) is 2.38. The van der Waals surface area contributed by atoms with E-state index >= 15 is 0 Å². The maximum atomic E-state index is 4.86. The molecule has 0 spiro atoms. The normalized spacial score (nSPS) is 13.6. The topological polar surface area (TPSA) is 21.6 Å². The van der Waals surface area contributed by atoms with Crippen LogP contribution >= 0.6 is 0 Å². The molecule has 0 saturated carbocycles. The molecule has 0 aromatic heterocycles. The third kappa shape index (κ3) is 38.3. The van der Waals surface area contributed by atoms with Crippen molar-refractivity contribution in [1.82, 2.24) is 0 Å². The molecular weight excluding hydrogens is 365 g/mol. The van der Waals surface area contributed by atoms with Gasteiger partial charge in [-0.15, -0.1) is 5.73 Å². The Hall–Kier alpha value is -0.0513. The quantitative estimate of drug-likeness (QED) is 0.431. The van der Waals surface area contributed by atoms with E-state index in [0.29, 0.717) is 0 Å². The number of hydrogen-bond donors (Lipinski definition) is 0. The monoisotopic (exact) mass is 403 g/mol. The molecule has 0 amide bonds. The molecule has 0 bridgehead atoms. The molecule has 1 heterocycles. The van der Waals surface area contributed by atoms with Crippen molar-refractivity contribution in [3.63, 3.8) is 0 Å². The van der Waals surface area contributed by atoms with Crippen molar-refractivity contribution < 1.29 is 4.74 Å². The van der Waals surface area contributed by atoms with E-state index in [0.717, 1.165) is 0 Å². The number of hydrogen-bond acceptors (Lipinski definition) is 2. The van der Waals surface area contributed by atoms with Crippen molar-refractivity contribution >= 4 is 30.1 Å². The summed E-state index contributed by atoms with van der Waals surface area (Å²) in [6, 6.07) is 0. The van der Waals surface area contributed by atoms with Gasteiger partial charge in [0.25, 0.3) is 0 Å². The number of rotatable bonds is 4. The second kappa shape index (κ2) is 32.1. The molecule has 1 aliphatic rings. The van der Waals surface area contributed by atoms with E-state index in [1.807, 2.05) is 0 Å². The molecule has 0 saturated heterocycles. The average Bonchev–Trinajstić information content (AvgIpc) is 2.56. The van der Waals surface area contributed by atoms with Crippen LogP contribution in [0, 0.1) is 0 Å². The smallest absolute Gasteiger partial charge is 0.174 e. The molecule has 3 heteroatoms. The van der Waals surface area contributed by atoms with Crippen LogP contribution in [0.25, 0.3) is 0 Å². The summed E-state index contributed by atoms with van der Waals surface area (Å²) in [5.41, 5.74) is 2.86. The first-order valence-electron chi connectivity index (χ1n) is 8.15. The van der Waals surface area contributed by atoms with E-state index in [9.17, 15) is 0 Å². The minimum Gasteiger partial charge on any atom is -0.355 e. The van der Waals surface area contributed by atoms with Gasteiger partial charge in [0.1, 0.15) is 0 Å².